The highest BCUT2D eigenvalue weighted by Gasteiger charge is 2.33. The summed E-state index contributed by atoms with van der Waals surface area (Å²) in [6.45, 7) is 3.02. The lowest BCUT2D eigenvalue weighted by Gasteiger charge is -2.15. The molecule has 4 aromatic rings. The molecule has 4 nitrogen and oxygen atoms in total. The van der Waals surface area contributed by atoms with Gasteiger partial charge in [-0.05, 0) is 55.0 Å². The summed E-state index contributed by atoms with van der Waals surface area (Å²) < 4.78 is 84.9. The summed E-state index contributed by atoms with van der Waals surface area (Å²) in [5.41, 5.74) is 0.0512. The number of aryl methyl sites for hydroxylation is 1. The summed E-state index contributed by atoms with van der Waals surface area (Å²) in [5, 5.41) is 0.488. The molecule has 182 valence electrons. The molecule has 0 atom stereocenters. The molecule has 0 aliphatic carbocycles. The second-order valence-corrected chi connectivity index (χ2v) is 10.5. The van der Waals surface area contributed by atoms with Gasteiger partial charge in [-0.2, -0.15) is 13.2 Å². The molecule has 1 aromatic heterocycles. The summed E-state index contributed by atoms with van der Waals surface area (Å²) in [4.78, 5) is 3.88. The molecule has 0 radical (unpaired) electrons. The van der Waals surface area contributed by atoms with Crippen molar-refractivity contribution in [2.45, 2.75) is 24.9 Å². The van der Waals surface area contributed by atoms with Crippen LogP contribution >= 0.6 is 11.6 Å². The number of rotatable bonds is 5. The van der Waals surface area contributed by atoms with E-state index in [9.17, 15) is 26.0 Å². The molecule has 0 saturated heterocycles. The number of pyridine rings is 1. The molecule has 0 unspecified atom stereocenters. The van der Waals surface area contributed by atoms with E-state index in [4.69, 9.17) is 16.3 Å². The molecule has 0 saturated carbocycles. The first-order valence-electron chi connectivity index (χ1n) is 10.4. The van der Waals surface area contributed by atoms with Crippen molar-refractivity contribution >= 4 is 32.3 Å². The van der Waals surface area contributed by atoms with Crippen LogP contribution in [0.5, 0.6) is 11.5 Å². The molecule has 1 heterocycles. The van der Waals surface area contributed by atoms with Gasteiger partial charge in [-0.3, -0.25) is 4.98 Å². The Morgan fingerprint density at radius 2 is 1.71 bits per heavy atom. The van der Waals surface area contributed by atoms with E-state index in [0.717, 1.165) is 18.2 Å². The third-order valence-electron chi connectivity index (χ3n) is 5.32. The standard InChI is InChI=1S/C25H18ClF4NO3S/c1-3-35(32,33)18-11-15(27)10-17(12-18)34-16-7-8-23(26)21(13-16)20-9-14(2)31-24-19(20)5-4-6-22(24)25(28,29)30/h4-13H,3H2,1-2H3. The van der Waals surface area contributed by atoms with Gasteiger partial charge in [0.25, 0.3) is 0 Å². The van der Waals surface area contributed by atoms with Crippen molar-refractivity contribution in [1.29, 1.82) is 0 Å². The van der Waals surface area contributed by atoms with E-state index in [1.165, 1.54) is 43.3 Å². The van der Waals surface area contributed by atoms with E-state index in [-0.39, 0.29) is 38.1 Å². The Morgan fingerprint density at radius 3 is 2.40 bits per heavy atom. The normalized spacial score (nSPS) is 12.2. The zero-order chi connectivity index (χ0) is 25.5. The fourth-order valence-electron chi connectivity index (χ4n) is 3.68. The van der Waals surface area contributed by atoms with Gasteiger partial charge in [0.05, 0.1) is 21.7 Å². The molecule has 0 amide bonds. The number of sulfone groups is 1. The molecule has 0 spiro atoms. The second kappa shape index (κ2) is 9.13. The van der Waals surface area contributed by atoms with E-state index < -0.39 is 27.4 Å². The minimum absolute atomic E-state index is 0.0552. The first-order chi connectivity index (χ1) is 16.4. The number of fused-ring (bicyclic) bond motifs is 1. The molecule has 4 rings (SSSR count). The number of hydrogen-bond donors (Lipinski definition) is 0. The Bertz CT molecular complexity index is 1550. The Balaban J connectivity index is 1.84. The van der Waals surface area contributed by atoms with Crippen molar-refractivity contribution in [3.05, 3.63) is 82.8 Å². The number of alkyl halides is 3. The highest BCUT2D eigenvalue weighted by Crippen LogP contribution is 2.41. The minimum atomic E-state index is -4.60. The quantitative estimate of drug-likeness (QED) is 0.253. The molecule has 0 aliphatic rings. The van der Waals surface area contributed by atoms with Crippen LogP contribution in [0.1, 0.15) is 18.2 Å². The summed E-state index contributed by atoms with van der Waals surface area (Å²) in [6, 6.07) is 13.0. The molecule has 0 aliphatic heterocycles. The SMILES string of the molecule is CCS(=O)(=O)c1cc(F)cc(Oc2ccc(Cl)c(-c3cc(C)nc4c(C(F)(F)F)cccc34)c2)c1. The maximum absolute atomic E-state index is 14.1. The third-order valence-corrected chi connectivity index (χ3v) is 7.36. The van der Waals surface area contributed by atoms with E-state index in [1.807, 2.05) is 0 Å². The lowest BCUT2D eigenvalue weighted by molar-refractivity contribution is -0.136. The Labute approximate surface area is 204 Å². The van der Waals surface area contributed by atoms with Crippen LogP contribution in [0.3, 0.4) is 0 Å². The first-order valence-corrected chi connectivity index (χ1v) is 12.4. The maximum Gasteiger partial charge on any atom is 0.418 e. The lowest BCUT2D eigenvalue weighted by atomic mass is 9.97. The van der Waals surface area contributed by atoms with Gasteiger partial charge < -0.3 is 4.74 Å². The van der Waals surface area contributed by atoms with Crippen molar-refractivity contribution < 1.29 is 30.7 Å². The largest absolute Gasteiger partial charge is 0.457 e. The van der Waals surface area contributed by atoms with Crippen molar-refractivity contribution in [2.24, 2.45) is 0 Å². The zero-order valence-electron chi connectivity index (χ0n) is 18.5. The predicted molar refractivity (Wildman–Crippen MR) is 126 cm³/mol. The number of para-hydroxylation sites is 1. The van der Waals surface area contributed by atoms with Crippen LogP contribution in [0.25, 0.3) is 22.0 Å². The van der Waals surface area contributed by atoms with Crippen molar-refractivity contribution in [1.82, 2.24) is 4.98 Å². The zero-order valence-corrected chi connectivity index (χ0v) is 20.0. The number of nitrogens with zero attached hydrogens (tertiary/aromatic N) is 1. The van der Waals surface area contributed by atoms with Crippen LogP contribution < -0.4 is 4.74 Å². The molecule has 0 N–H and O–H groups in total. The van der Waals surface area contributed by atoms with Gasteiger partial charge >= 0.3 is 6.18 Å². The third kappa shape index (κ3) is 5.11. The van der Waals surface area contributed by atoms with Gasteiger partial charge in [-0.25, -0.2) is 12.8 Å². The Morgan fingerprint density at radius 1 is 0.971 bits per heavy atom. The monoisotopic (exact) mass is 523 g/mol. The molecule has 0 bridgehead atoms. The smallest absolute Gasteiger partial charge is 0.418 e. The molecule has 10 heteroatoms. The fraction of sp³-hybridized carbons (Fsp3) is 0.160. The van der Waals surface area contributed by atoms with Gasteiger partial charge in [-0.1, -0.05) is 30.7 Å². The average molecular weight is 524 g/mol. The summed E-state index contributed by atoms with van der Waals surface area (Å²) in [7, 11) is -3.68. The molecular weight excluding hydrogens is 506 g/mol. The number of ether oxygens (including phenoxy) is 1. The van der Waals surface area contributed by atoms with E-state index in [1.54, 1.807) is 13.0 Å². The summed E-state index contributed by atoms with van der Waals surface area (Å²) in [6.07, 6.45) is -4.60. The van der Waals surface area contributed by atoms with E-state index in [2.05, 4.69) is 4.98 Å². The number of aromatic nitrogens is 1. The van der Waals surface area contributed by atoms with Crippen molar-refractivity contribution in [3.8, 4) is 22.6 Å². The molecule has 35 heavy (non-hydrogen) atoms. The topological polar surface area (TPSA) is 56.3 Å². The average Bonchev–Trinajstić information content (AvgIpc) is 2.78. The fourth-order valence-corrected chi connectivity index (χ4v) is 4.82. The van der Waals surface area contributed by atoms with Crippen LogP contribution in [0.2, 0.25) is 5.02 Å². The van der Waals surface area contributed by atoms with Gasteiger partial charge in [-0.15, -0.1) is 0 Å². The Hall–Kier alpha value is -3.17. The van der Waals surface area contributed by atoms with Gasteiger partial charge in [0.1, 0.15) is 17.3 Å². The number of halogens is 5. The maximum atomic E-state index is 14.1. The van der Waals surface area contributed by atoms with Gasteiger partial charge in [0, 0.05) is 27.7 Å². The lowest BCUT2D eigenvalue weighted by Crippen LogP contribution is -2.07. The molecular formula is C25H18ClF4NO3S. The Kier molecular flexibility index (Phi) is 6.50. The highest BCUT2D eigenvalue weighted by molar-refractivity contribution is 7.91. The molecule has 3 aromatic carbocycles. The van der Waals surface area contributed by atoms with Crippen LogP contribution in [-0.2, 0) is 16.0 Å². The second-order valence-electron chi connectivity index (χ2n) is 7.78. The number of hydrogen-bond acceptors (Lipinski definition) is 4. The van der Waals surface area contributed by atoms with Gasteiger partial charge in [0.15, 0.2) is 9.84 Å². The van der Waals surface area contributed by atoms with Crippen LogP contribution in [0, 0.1) is 12.7 Å². The van der Waals surface area contributed by atoms with Crippen molar-refractivity contribution in [2.75, 3.05) is 5.75 Å². The van der Waals surface area contributed by atoms with Crippen LogP contribution in [0.15, 0.2) is 65.6 Å². The minimum Gasteiger partial charge on any atom is -0.457 e. The van der Waals surface area contributed by atoms with E-state index in [0.29, 0.717) is 16.8 Å². The molecule has 0 fully saturated rings. The highest BCUT2D eigenvalue weighted by atomic mass is 35.5. The predicted octanol–water partition coefficient (Wildman–Crippen LogP) is 7.61. The van der Waals surface area contributed by atoms with Crippen molar-refractivity contribution in [3.63, 3.8) is 0 Å². The van der Waals surface area contributed by atoms with Crippen LogP contribution in [0.4, 0.5) is 17.6 Å². The summed E-state index contributed by atoms with van der Waals surface area (Å²) >= 11 is 6.41. The first kappa shape index (κ1) is 24.9. The van der Waals surface area contributed by atoms with Gasteiger partial charge in [0.2, 0.25) is 0 Å². The summed E-state index contributed by atoms with van der Waals surface area (Å²) in [5.74, 6) is -0.876. The number of benzene rings is 3. The van der Waals surface area contributed by atoms with E-state index >= 15 is 0 Å². The van der Waals surface area contributed by atoms with Crippen LogP contribution in [-0.4, -0.2) is 19.2 Å².